The fraction of sp³-hybridized carbons (Fsp3) is 1.00. The summed E-state index contributed by atoms with van der Waals surface area (Å²) in [5.74, 6) is 0. The summed E-state index contributed by atoms with van der Waals surface area (Å²) in [4.78, 5) is 0. The lowest BCUT2D eigenvalue weighted by atomic mass is 10.1. The molecule has 0 aromatic heterocycles. The van der Waals surface area contributed by atoms with Gasteiger partial charge in [-0.05, 0) is 52.0 Å². The van der Waals surface area contributed by atoms with Crippen molar-refractivity contribution in [1.29, 1.82) is 0 Å². The maximum absolute atomic E-state index is 5.57. The van der Waals surface area contributed by atoms with Crippen LogP contribution in [0.25, 0.3) is 0 Å². The number of nitrogens with one attached hydrogen (secondary N) is 1. The molecule has 76 valence electrons. The van der Waals surface area contributed by atoms with Gasteiger partial charge < -0.3 is 10.1 Å². The molecule has 2 nitrogen and oxygen atoms in total. The van der Waals surface area contributed by atoms with E-state index in [0.29, 0.717) is 11.6 Å². The average molecular weight is 183 g/mol. The molecule has 13 heavy (non-hydrogen) atoms. The lowest BCUT2D eigenvalue weighted by Crippen LogP contribution is -2.29. The third-order valence-electron chi connectivity index (χ3n) is 3.28. The van der Waals surface area contributed by atoms with E-state index < -0.39 is 0 Å². The summed E-state index contributed by atoms with van der Waals surface area (Å²) in [5.41, 5.74) is 0.510. The molecule has 0 spiro atoms. The van der Waals surface area contributed by atoms with Crippen molar-refractivity contribution in [2.24, 2.45) is 0 Å². The molecule has 0 radical (unpaired) electrons. The molecule has 0 aromatic carbocycles. The largest absolute Gasteiger partial charge is 0.378 e. The molecule has 1 N–H and O–H groups in total. The predicted molar refractivity (Wildman–Crippen MR) is 53.8 cm³/mol. The highest BCUT2D eigenvalue weighted by Gasteiger charge is 2.36. The van der Waals surface area contributed by atoms with Gasteiger partial charge in [-0.25, -0.2) is 0 Å². The van der Waals surface area contributed by atoms with Crippen molar-refractivity contribution < 1.29 is 4.74 Å². The second kappa shape index (κ2) is 3.97. The summed E-state index contributed by atoms with van der Waals surface area (Å²) >= 11 is 0. The first kappa shape index (κ1) is 9.47. The summed E-state index contributed by atoms with van der Waals surface area (Å²) < 4.78 is 5.57. The Labute approximate surface area is 81.0 Å². The van der Waals surface area contributed by atoms with Crippen LogP contribution in [0, 0.1) is 0 Å². The van der Waals surface area contributed by atoms with E-state index >= 15 is 0 Å². The van der Waals surface area contributed by atoms with E-state index in [4.69, 9.17) is 4.74 Å². The molecule has 2 fully saturated rings. The predicted octanol–water partition coefficient (Wildman–Crippen LogP) is 2.09. The van der Waals surface area contributed by atoms with E-state index in [1.165, 1.54) is 45.1 Å². The summed E-state index contributed by atoms with van der Waals surface area (Å²) in [6.45, 7) is 4.49. The van der Waals surface area contributed by atoms with Crippen LogP contribution in [0.5, 0.6) is 0 Å². The molecule has 0 amide bonds. The van der Waals surface area contributed by atoms with Crippen LogP contribution >= 0.6 is 0 Å². The maximum Gasteiger partial charge on any atom is 0.0576 e. The first-order valence-corrected chi connectivity index (χ1v) is 5.65. The van der Waals surface area contributed by atoms with Crippen LogP contribution in [0.4, 0.5) is 0 Å². The van der Waals surface area contributed by atoms with Crippen molar-refractivity contribution in [3.63, 3.8) is 0 Å². The van der Waals surface area contributed by atoms with Gasteiger partial charge in [0.15, 0.2) is 0 Å². The highest BCUT2D eigenvalue weighted by Crippen LogP contribution is 2.34. The summed E-state index contributed by atoms with van der Waals surface area (Å²) in [7, 11) is 0. The number of hydrogen-bond donors (Lipinski definition) is 1. The molecule has 2 rings (SSSR count). The zero-order chi connectivity index (χ0) is 9.15. The minimum absolute atomic E-state index is 0.510. The number of hydrogen-bond acceptors (Lipinski definition) is 2. The van der Waals surface area contributed by atoms with Gasteiger partial charge in [-0.15, -0.1) is 0 Å². The molecule has 0 bridgehead atoms. The van der Waals surface area contributed by atoms with E-state index in [-0.39, 0.29) is 0 Å². The molecule has 1 atom stereocenters. The molecule has 1 unspecified atom stereocenters. The van der Waals surface area contributed by atoms with Crippen molar-refractivity contribution in [2.45, 2.75) is 57.1 Å². The van der Waals surface area contributed by atoms with Gasteiger partial charge in [-0.1, -0.05) is 0 Å². The Balaban J connectivity index is 1.48. The van der Waals surface area contributed by atoms with Gasteiger partial charge in [0.05, 0.1) is 6.10 Å². The van der Waals surface area contributed by atoms with Crippen molar-refractivity contribution in [2.75, 3.05) is 13.2 Å². The zero-order valence-corrected chi connectivity index (χ0v) is 8.64. The third kappa shape index (κ3) is 2.96. The van der Waals surface area contributed by atoms with Gasteiger partial charge in [0.2, 0.25) is 0 Å². The summed E-state index contributed by atoms with van der Waals surface area (Å²) in [6, 6.07) is 0. The lowest BCUT2D eigenvalue weighted by molar-refractivity contribution is 0.102. The van der Waals surface area contributed by atoms with E-state index in [1.54, 1.807) is 0 Å². The van der Waals surface area contributed by atoms with Crippen molar-refractivity contribution >= 4 is 0 Å². The molecule has 0 aromatic rings. The standard InChI is InChI=1S/C11H21NO/c1-11(6-7-11)12-8-2-4-10-5-3-9-13-10/h10,12H,2-9H2,1H3. The van der Waals surface area contributed by atoms with Crippen LogP contribution in [0.3, 0.4) is 0 Å². The summed E-state index contributed by atoms with van der Waals surface area (Å²) in [5, 5.41) is 3.60. The second-order valence-electron chi connectivity index (χ2n) is 4.76. The Morgan fingerprint density at radius 1 is 1.46 bits per heavy atom. The smallest absolute Gasteiger partial charge is 0.0576 e. The topological polar surface area (TPSA) is 21.3 Å². The molecule has 2 aliphatic rings. The fourth-order valence-electron chi connectivity index (χ4n) is 1.96. The molecule has 1 saturated carbocycles. The molecular weight excluding hydrogens is 162 g/mol. The zero-order valence-electron chi connectivity index (χ0n) is 8.64. The highest BCUT2D eigenvalue weighted by atomic mass is 16.5. The second-order valence-corrected chi connectivity index (χ2v) is 4.76. The molecule has 1 aliphatic carbocycles. The van der Waals surface area contributed by atoms with Gasteiger partial charge in [0.1, 0.15) is 0 Å². The lowest BCUT2D eigenvalue weighted by Gasteiger charge is -2.12. The third-order valence-corrected chi connectivity index (χ3v) is 3.28. The normalized spacial score (nSPS) is 30.7. The van der Waals surface area contributed by atoms with E-state index in [0.717, 1.165) is 6.61 Å². The van der Waals surface area contributed by atoms with Crippen LogP contribution in [-0.2, 0) is 4.74 Å². The minimum atomic E-state index is 0.510. The van der Waals surface area contributed by atoms with Crippen LogP contribution in [0.2, 0.25) is 0 Å². The van der Waals surface area contributed by atoms with E-state index in [1.807, 2.05) is 0 Å². The molecule has 1 heterocycles. The average Bonchev–Trinajstić information content (AvgIpc) is 2.69. The first-order valence-electron chi connectivity index (χ1n) is 5.65. The van der Waals surface area contributed by atoms with Crippen LogP contribution in [0.15, 0.2) is 0 Å². The Hall–Kier alpha value is -0.0800. The highest BCUT2D eigenvalue weighted by molar-refractivity contribution is 4.97. The van der Waals surface area contributed by atoms with Gasteiger partial charge in [0, 0.05) is 12.1 Å². The molecular formula is C11H21NO. The van der Waals surface area contributed by atoms with E-state index in [9.17, 15) is 0 Å². The Morgan fingerprint density at radius 3 is 2.92 bits per heavy atom. The minimum Gasteiger partial charge on any atom is -0.378 e. The number of ether oxygens (including phenoxy) is 1. The number of rotatable bonds is 5. The first-order chi connectivity index (χ1) is 6.29. The Morgan fingerprint density at radius 2 is 2.31 bits per heavy atom. The Kier molecular flexibility index (Phi) is 2.89. The maximum atomic E-state index is 5.57. The van der Waals surface area contributed by atoms with Crippen molar-refractivity contribution in [3.8, 4) is 0 Å². The Bertz CT molecular complexity index is 159. The van der Waals surface area contributed by atoms with Gasteiger partial charge >= 0.3 is 0 Å². The quantitative estimate of drug-likeness (QED) is 0.659. The van der Waals surface area contributed by atoms with Crippen molar-refractivity contribution in [1.82, 2.24) is 5.32 Å². The molecule has 2 heteroatoms. The molecule has 1 aliphatic heterocycles. The fourth-order valence-corrected chi connectivity index (χ4v) is 1.96. The van der Waals surface area contributed by atoms with Crippen LogP contribution in [0.1, 0.15) is 45.4 Å². The van der Waals surface area contributed by atoms with Crippen LogP contribution < -0.4 is 5.32 Å². The van der Waals surface area contributed by atoms with Gasteiger partial charge in [-0.3, -0.25) is 0 Å². The SMILES string of the molecule is CC1(NCCCC2CCCO2)CC1. The van der Waals surface area contributed by atoms with Crippen LogP contribution in [-0.4, -0.2) is 24.8 Å². The molecule has 1 saturated heterocycles. The van der Waals surface area contributed by atoms with E-state index in [2.05, 4.69) is 12.2 Å². The van der Waals surface area contributed by atoms with Gasteiger partial charge in [0.25, 0.3) is 0 Å². The van der Waals surface area contributed by atoms with Crippen molar-refractivity contribution in [3.05, 3.63) is 0 Å². The van der Waals surface area contributed by atoms with Gasteiger partial charge in [-0.2, -0.15) is 0 Å². The summed E-state index contributed by atoms with van der Waals surface area (Å²) in [6.07, 6.45) is 8.41. The monoisotopic (exact) mass is 183 g/mol.